The molecule has 0 bridgehead atoms. The number of amides is 1. The number of carbonyl (C=O) groups excluding carboxylic acids is 1. The van der Waals surface area contributed by atoms with Crippen molar-refractivity contribution < 1.29 is 23.4 Å². The second-order valence-electron chi connectivity index (χ2n) is 5.96. The molecule has 0 saturated carbocycles. The number of phenolic OH excluding ortho intramolecular Hbond substituents is 1. The zero-order valence-corrected chi connectivity index (χ0v) is 13.5. The van der Waals surface area contributed by atoms with Gasteiger partial charge in [0, 0.05) is 37.7 Å². The number of pyridine rings is 1. The second-order valence-corrected chi connectivity index (χ2v) is 5.96. The van der Waals surface area contributed by atoms with Gasteiger partial charge in [-0.1, -0.05) is 0 Å². The number of aromatic hydroxyl groups is 1. The Labute approximate surface area is 143 Å². The zero-order chi connectivity index (χ0) is 17.8. The van der Waals surface area contributed by atoms with E-state index in [1.54, 1.807) is 24.5 Å². The van der Waals surface area contributed by atoms with Gasteiger partial charge < -0.3 is 14.7 Å². The number of benzene rings is 1. The standard InChI is InChI=1S/C18H18F2N2O3/c19-15-8-13(9-16(20)17(15)23)18(24)22(11-14-2-1-7-25-14)10-12-3-5-21-6-4-12/h3-6,8-9,14,23H,1-2,7,10-11H2. The number of hydrogen-bond acceptors (Lipinski definition) is 4. The molecule has 1 amide bonds. The van der Waals surface area contributed by atoms with Crippen LogP contribution in [0.3, 0.4) is 0 Å². The first-order chi connectivity index (χ1) is 12.0. The van der Waals surface area contributed by atoms with Crippen molar-refractivity contribution in [2.45, 2.75) is 25.5 Å². The molecule has 1 aliphatic heterocycles. The van der Waals surface area contributed by atoms with Crippen LogP contribution in [0.15, 0.2) is 36.7 Å². The average Bonchev–Trinajstić information content (AvgIpc) is 3.12. The van der Waals surface area contributed by atoms with Gasteiger partial charge in [-0.2, -0.15) is 0 Å². The number of nitrogens with zero attached hydrogens (tertiary/aromatic N) is 2. The molecule has 7 heteroatoms. The van der Waals surface area contributed by atoms with Crippen LogP contribution in [0.5, 0.6) is 5.75 Å². The summed E-state index contributed by atoms with van der Waals surface area (Å²) in [5, 5.41) is 9.21. The van der Waals surface area contributed by atoms with E-state index in [0.717, 1.165) is 30.5 Å². The highest BCUT2D eigenvalue weighted by Gasteiger charge is 2.25. The quantitative estimate of drug-likeness (QED) is 0.902. The molecule has 1 aromatic heterocycles. The van der Waals surface area contributed by atoms with Crippen LogP contribution in [-0.4, -0.2) is 40.2 Å². The highest BCUT2D eigenvalue weighted by molar-refractivity contribution is 5.94. The van der Waals surface area contributed by atoms with Gasteiger partial charge in [0.2, 0.25) is 0 Å². The molecule has 1 saturated heterocycles. The van der Waals surface area contributed by atoms with E-state index in [-0.39, 0.29) is 18.2 Å². The lowest BCUT2D eigenvalue weighted by Gasteiger charge is -2.26. The molecule has 3 rings (SSSR count). The number of aromatic nitrogens is 1. The van der Waals surface area contributed by atoms with E-state index < -0.39 is 23.3 Å². The summed E-state index contributed by atoms with van der Waals surface area (Å²) in [6.07, 6.45) is 4.88. The molecule has 0 radical (unpaired) electrons. The Kier molecular flexibility index (Phi) is 5.23. The molecule has 1 aromatic carbocycles. The molecule has 132 valence electrons. The topological polar surface area (TPSA) is 62.7 Å². The molecule has 1 atom stereocenters. The van der Waals surface area contributed by atoms with E-state index in [0.29, 0.717) is 13.2 Å². The normalized spacial score (nSPS) is 16.8. The Hall–Kier alpha value is -2.54. The molecule has 0 spiro atoms. The van der Waals surface area contributed by atoms with E-state index in [4.69, 9.17) is 4.74 Å². The summed E-state index contributed by atoms with van der Waals surface area (Å²) in [6.45, 7) is 1.24. The minimum absolute atomic E-state index is 0.0994. The van der Waals surface area contributed by atoms with E-state index in [1.165, 1.54) is 4.90 Å². The number of rotatable bonds is 5. The third-order valence-electron chi connectivity index (χ3n) is 4.12. The predicted molar refractivity (Wildman–Crippen MR) is 86.0 cm³/mol. The van der Waals surface area contributed by atoms with Gasteiger partial charge in [-0.15, -0.1) is 0 Å². The van der Waals surface area contributed by atoms with Crippen LogP contribution in [0.25, 0.3) is 0 Å². The van der Waals surface area contributed by atoms with Gasteiger partial charge in [-0.25, -0.2) is 8.78 Å². The van der Waals surface area contributed by atoms with Crippen molar-refractivity contribution in [2.75, 3.05) is 13.2 Å². The highest BCUT2D eigenvalue weighted by Crippen LogP contribution is 2.23. The maximum atomic E-state index is 13.6. The average molecular weight is 348 g/mol. The van der Waals surface area contributed by atoms with Crippen molar-refractivity contribution in [3.63, 3.8) is 0 Å². The molecular weight excluding hydrogens is 330 g/mol. The summed E-state index contributed by atoms with van der Waals surface area (Å²) >= 11 is 0. The minimum Gasteiger partial charge on any atom is -0.503 e. The molecule has 2 heterocycles. The molecule has 1 aliphatic rings. The Morgan fingerprint density at radius 2 is 1.96 bits per heavy atom. The van der Waals surface area contributed by atoms with Crippen LogP contribution >= 0.6 is 0 Å². The van der Waals surface area contributed by atoms with Crippen molar-refractivity contribution in [3.05, 3.63) is 59.4 Å². The van der Waals surface area contributed by atoms with Crippen molar-refractivity contribution in [1.82, 2.24) is 9.88 Å². The van der Waals surface area contributed by atoms with Crippen LogP contribution in [0.2, 0.25) is 0 Å². The third-order valence-corrected chi connectivity index (χ3v) is 4.12. The molecular formula is C18H18F2N2O3. The Bertz CT molecular complexity index is 726. The third kappa shape index (κ3) is 4.11. The van der Waals surface area contributed by atoms with Gasteiger partial charge in [-0.3, -0.25) is 9.78 Å². The number of carbonyl (C=O) groups is 1. The summed E-state index contributed by atoms with van der Waals surface area (Å²) in [6, 6.07) is 5.23. The van der Waals surface area contributed by atoms with Gasteiger partial charge in [0.05, 0.1) is 6.10 Å². The molecule has 0 aliphatic carbocycles. The Balaban J connectivity index is 1.85. The summed E-state index contributed by atoms with van der Waals surface area (Å²) in [7, 11) is 0. The summed E-state index contributed by atoms with van der Waals surface area (Å²) in [5.41, 5.74) is 0.695. The lowest BCUT2D eigenvalue weighted by molar-refractivity contribution is 0.0506. The molecule has 1 N–H and O–H groups in total. The van der Waals surface area contributed by atoms with Gasteiger partial charge >= 0.3 is 0 Å². The number of halogens is 2. The molecule has 5 nitrogen and oxygen atoms in total. The van der Waals surface area contributed by atoms with Gasteiger partial charge in [-0.05, 0) is 42.7 Å². The van der Waals surface area contributed by atoms with Crippen LogP contribution in [0.4, 0.5) is 8.78 Å². The van der Waals surface area contributed by atoms with Crippen molar-refractivity contribution in [1.29, 1.82) is 0 Å². The smallest absolute Gasteiger partial charge is 0.254 e. The fourth-order valence-electron chi connectivity index (χ4n) is 2.83. The van der Waals surface area contributed by atoms with Crippen LogP contribution in [0.1, 0.15) is 28.8 Å². The fourth-order valence-corrected chi connectivity index (χ4v) is 2.83. The first kappa shape index (κ1) is 17.3. The van der Waals surface area contributed by atoms with E-state index in [9.17, 15) is 18.7 Å². The van der Waals surface area contributed by atoms with Crippen molar-refractivity contribution >= 4 is 5.91 Å². The van der Waals surface area contributed by atoms with Crippen LogP contribution < -0.4 is 0 Å². The molecule has 2 aromatic rings. The molecule has 1 unspecified atom stereocenters. The maximum absolute atomic E-state index is 13.6. The largest absolute Gasteiger partial charge is 0.503 e. The van der Waals surface area contributed by atoms with Crippen molar-refractivity contribution in [2.24, 2.45) is 0 Å². The molecule has 1 fully saturated rings. The highest BCUT2D eigenvalue weighted by atomic mass is 19.1. The fraction of sp³-hybridized carbons (Fsp3) is 0.333. The first-order valence-corrected chi connectivity index (χ1v) is 8.02. The predicted octanol–water partition coefficient (Wildman–Crippen LogP) is 2.89. The lowest BCUT2D eigenvalue weighted by Crippen LogP contribution is -2.37. The van der Waals surface area contributed by atoms with Crippen LogP contribution in [0, 0.1) is 11.6 Å². The maximum Gasteiger partial charge on any atom is 0.254 e. The SMILES string of the molecule is O=C(c1cc(F)c(O)c(F)c1)N(Cc1ccncc1)CC1CCCO1. The van der Waals surface area contributed by atoms with Gasteiger partial charge in [0.25, 0.3) is 5.91 Å². The number of hydrogen-bond donors (Lipinski definition) is 1. The summed E-state index contributed by atoms with van der Waals surface area (Å²) < 4.78 is 32.8. The monoisotopic (exact) mass is 348 g/mol. The van der Waals surface area contributed by atoms with E-state index in [2.05, 4.69) is 4.98 Å². The number of phenols is 1. The Morgan fingerprint density at radius 1 is 1.28 bits per heavy atom. The van der Waals surface area contributed by atoms with E-state index in [1.807, 2.05) is 0 Å². The second kappa shape index (κ2) is 7.57. The zero-order valence-electron chi connectivity index (χ0n) is 13.5. The minimum atomic E-state index is -1.16. The van der Waals surface area contributed by atoms with E-state index >= 15 is 0 Å². The summed E-state index contributed by atoms with van der Waals surface area (Å²) in [4.78, 5) is 18.2. The summed E-state index contributed by atoms with van der Waals surface area (Å²) in [5.74, 6) is -3.94. The first-order valence-electron chi connectivity index (χ1n) is 8.02. The molecule has 25 heavy (non-hydrogen) atoms. The van der Waals surface area contributed by atoms with Gasteiger partial charge in [0.1, 0.15) is 0 Å². The Morgan fingerprint density at radius 3 is 2.56 bits per heavy atom. The number of ether oxygens (including phenoxy) is 1. The van der Waals surface area contributed by atoms with Crippen molar-refractivity contribution in [3.8, 4) is 5.75 Å². The van der Waals surface area contributed by atoms with Gasteiger partial charge in [0.15, 0.2) is 17.4 Å². The van der Waals surface area contributed by atoms with Crippen LogP contribution in [-0.2, 0) is 11.3 Å². The lowest BCUT2D eigenvalue weighted by atomic mass is 10.1.